The lowest BCUT2D eigenvalue weighted by molar-refractivity contribution is 0.205. The zero-order chi connectivity index (χ0) is 12.3. The molecule has 4 nitrogen and oxygen atoms in total. The van der Waals surface area contributed by atoms with Gasteiger partial charge in [0.15, 0.2) is 5.13 Å². The van der Waals surface area contributed by atoms with Crippen LogP contribution in [0.4, 0.5) is 5.13 Å². The van der Waals surface area contributed by atoms with Gasteiger partial charge in [-0.05, 0) is 19.8 Å². The number of thiazole rings is 1. The molecule has 1 aromatic rings. The monoisotopic (exact) mass is 255 g/mol. The number of nitrogens with two attached hydrogens (primary N) is 1. The van der Waals surface area contributed by atoms with Crippen LogP contribution in [0.5, 0.6) is 0 Å². The van der Waals surface area contributed by atoms with Gasteiger partial charge in [0, 0.05) is 37.5 Å². The SMILES string of the molecule is CCN(CCOC)c1nc(C2CC2)c(CN)s1. The van der Waals surface area contributed by atoms with Gasteiger partial charge in [0.05, 0.1) is 12.3 Å². The zero-order valence-corrected chi connectivity index (χ0v) is 11.4. The fraction of sp³-hybridized carbons (Fsp3) is 0.750. The maximum absolute atomic E-state index is 5.80. The molecular weight excluding hydrogens is 234 g/mol. The first-order chi connectivity index (χ1) is 8.30. The third kappa shape index (κ3) is 2.97. The molecule has 1 saturated carbocycles. The largest absolute Gasteiger partial charge is 0.383 e. The van der Waals surface area contributed by atoms with Gasteiger partial charge in [-0.1, -0.05) is 0 Å². The Balaban J connectivity index is 2.12. The van der Waals surface area contributed by atoms with Crippen LogP contribution >= 0.6 is 11.3 Å². The molecule has 17 heavy (non-hydrogen) atoms. The summed E-state index contributed by atoms with van der Waals surface area (Å²) in [5, 5.41) is 1.10. The molecule has 2 N–H and O–H groups in total. The Bertz CT molecular complexity index is 363. The number of nitrogens with zero attached hydrogens (tertiary/aromatic N) is 2. The first-order valence-electron chi connectivity index (χ1n) is 6.23. The second-order valence-corrected chi connectivity index (χ2v) is 5.42. The van der Waals surface area contributed by atoms with Crippen LogP contribution in [0.1, 0.15) is 36.3 Å². The quantitative estimate of drug-likeness (QED) is 0.809. The number of hydrogen-bond donors (Lipinski definition) is 1. The van der Waals surface area contributed by atoms with E-state index in [-0.39, 0.29) is 0 Å². The minimum Gasteiger partial charge on any atom is -0.383 e. The molecule has 1 aromatic heterocycles. The molecule has 0 radical (unpaired) electrons. The van der Waals surface area contributed by atoms with Crippen molar-refractivity contribution in [3.05, 3.63) is 10.6 Å². The first-order valence-corrected chi connectivity index (χ1v) is 7.05. The first kappa shape index (κ1) is 12.8. The van der Waals surface area contributed by atoms with Crippen LogP contribution in [0.25, 0.3) is 0 Å². The molecule has 0 saturated heterocycles. The Morgan fingerprint density at radius 1 is 1.53 bits per heavy atom. The molecule has 0 amide bonds. The van der Waals surface area contributed by atoms with Gasteiger partial charge in [0.25, 0.3) is 0 Å². The van der Waals surface area contributed by atoms with E-state index in [1.165, 1.54) is 23.4 Å². The molecule has 0 aromatic carbocycles. The lowest BCUT2D eigenvalue weighted by Crippen LogP contribution is -2.26. The number of anilines is 1. The molecule has 1 aliphatic rings. The Hall–Kier alpha value is -0.650. The highest BCUT2D eigenvalue weighted by Crippen LogP contribution is 2.43. The van der Waals surface area contributed by atoms with Crippen LogP contribution in [-0.2, 0) is 11.3 Å². The fourth-order valence-corrected chi connectivity index (χ4v) is 3.01. The summed E-state index contributed by atoms with van der Waals surface area (Å²) in [5.74, 6) is 0.680. The molecule has 0 bridgehead atoms. The molecule has 0 unspecified atom stereocenters. The van der Waals surface area contributed by atoms with Crippen molar-refractivity contribution >= 4 is 16.5 Å². The summed E-state index contributed by atoms with van der Waals surface area (Å²) in [6.45, 7) is 5.37. The Kier molecular flexibility index (Phi) is 4.36. The number of aromatic nitrogens is 1. The molecule has 0 atom stereocenters. The van der Waals surface area contributed by atoms with Crippen molar-refractivity contribution in [2.45, 2.75) is 32.2 Å². The second kappa shape index (κ2) is 5.80. The third-order valence-corrected chi connectivity index (χ3v) is 4.24. The van der Waals surface area contributed by atoms with Gasteiger partial charge in [-0.3, -0.25) is 0 Å². The molecule has 2 rings (SSSR count). The topological polar surface area (TPSA) is 51.4 Å². The maximum atomic E-state index is 5.80. The molecule has 0 spiro atoms. The van der Waals surface area contributed by atoms with Crippen molar-refractivity contribution in [3.63, 3.8) is 0 Å². The van der Waals surface area contributed by atoms with E-state index in [0.29, 0.717) is 12.5 Å². The Labute approximate surface area is 107 Å². The molecule has 1 heterocycles. The van der Waals surface area contributed by atoms with E-state index in [0.717, 1.165) is 24.8 Å². The van der Waals surface area contributed by atoms with Crippen LogP contribution in [0.15, 0.2) is 0 Å². The fourth-order valence-electron chi connectivity index (χ4n) is 1.90. The van der Waals surface area contributed by atoms with Crippen molar-refractivity contribution in [1.82, 2.24) is 4.98 Å². The molecule has 5 heteroatoms. The van der Waals surface area contributed by atoms with E-state index in [1.54, 1.807) is 18.4 Å². The van der Waals surface area contributed by atoms with E-state index in [2.05, 4.69) is 11.8 Å². The van der Waals surface area contributed by atoms with Gasteiger partial charge < -0.3 is 15.4 Å². The minimum absolute atomic E-state index is 0.616. The van der Waals surface area contributed by atoms with Crippen molar-refractivity contribution in [2.24, 2.45) is 5.73 Å². The smallest absolute Gasteiger partial charge is 0.185 e. The summed E-state index contributed by atoms with van der Waals surface area (Å²) in [6, 6.07) is 0. The average molecular weight is 255 g/mol. The summed E-state index contributed by atoms with van der Waals surface area (Å²) in [4.78, 5) is 8.30. The Morgan fingerprint density at radius 2 is 2.29 bits per heavy atom. The van der Waals surface area contributed by atoms with E-state index in [4.69, 9.17) is 15.5 Å². The number of rotatable bonds is 7. The van der Waals surface area contributed by atoms with Crippen LogP contribution in [0.3, 0.4) is 0 Å². The molecule has 96 valence electrons. The van der Waals surface area contributed by atoms with Crippen molar-refractivity contribution in [3.8, 4) is 0 Å². The zero-order valence-electron chi connectivity index (χ0n) is 10.6. The Morgan fingerprint density at radius 3 is 2.82 bits per heavy atom. The number of methoxy groups -OCH3 is 1. The summed E-state index contributed by atoms with van der Waals surface area (Å²) in [6.07, 6.45) is 2.56. The van der Waals surface area contributed by atoms with Gasteiger partial charge >= 0.3 is 0 Å². The van der Waals surface area contributed by atoms with Gasteiger partial charge in [0.1, 0.15) is 0 Å². The van der Waals surface area contributed by atoms with Crippen molar-refractivity contribution in [1.29, 1.82) is 0 Å². The van der Waals surface area contributed by atoms with Gasteiger partial charge in [-0.25, -0.2) is 4.98 Å². The summed E-state index contributed by atoms with van der Waals surface area (Å²) in [7, 11) is 1.73. The van der Waals surface area contributed by atoms with Gasteiger partial charge in [-0.2, -0.15) is 0 Å². The van der Waals surface area contributed by atoms with Crippen molar-refractivity contribution in [2.75, 3.05) is 31.7 Å². The third-order valence-electron chi connectivity index (χ3n) is 3.08. The highest BCUT2D eigenvalue weighted by molar-refractivity contribution is 7.15. The standard InChI is InChI=1S/C12H21N3OS/c1-3-15(6-7-16-2)12-14-11(9-4-5-9)10(8-13)17-12/h9H,3-8,13H2,1-2H3. The predicted molar refractivity (Wildman–Crippen MR) is 71.7 cm³/mol. The second-order valence-electron chi connectivity index (χ2n) is 4.36. The summed E-state index contributed by atoms with van der Waals surface area (Å²) < 4.78 is 5.13. The number of ether oxygens (including phenoxy) is 1. The highest BCUT2D eigenvalue weighted by atomic mass is 32.1. The summed E-state index contributed by atoms with van der Waals surface area (Å²) in [5.41, 5.74) is 7.05. The number of likely N-dealkylation sites (N-methyl/N-ethyl adjacent to an activating group) is 1. The molecular formula is C12H21N3OS. The molecule has 1 aliphatic carbocycles. The van der Waals surface area contributed by atoms with Gasteiger partial charge in [-0.15, -0.1) is 11.3 Å². The van der Waals surface area contributed by atoms with E-state index >= 15 is 0 Å². The van der Waals surface area contributed by atoms with E-state index < -0.39 is 0 Å². The molecule has 0 aliphatic heterocycles. The van der Waals surface area contributed by atoms with Crippen molar-refractivity contribution < 1.29 is 4.74 Å². The normalized spacial score (nSPS) is 15.2. The van der Waals surface area contributed by atoms with Crippen LogP contribution in [-0.4, -0.2) is 31.8 Å². The van der Waals surface area contributed by atoms with Crippen LogP contribution in [0.2, 0.25) is 0 Å². The molecule has 1 fully saturated rings. The highest BCUT2D eigenvalue weighted by Gasteiger charge is 2.29. The van der Waals surface area contributed by atoms with E-state index in [1.807, 2.05) is 0 Å². The van der Waals surface area contributed by atoms with Crippen LogP contribution in [0, 0.1) is 0 Å². The lowest BCUT2D eigenvalue weighted by atomic mass is 10.2. The van der Waals surface area contributed by atoms with Gasteiger partial charge in [0.2, 0.25) is 0 Å². The predicted octanol–water partition coefficient (Wildman–Crippen LogP) is 1.95. The minimum atomic E-state index is 0.616. The summed E-state index contributed by atoms with van der Waals surface area (Å²) >= 11 is 1.75. The van der Waals surface area contributed by atoms with E-state index in [9.17, 15) is 0 Å². The maximum Gasteiger partial charge on any atom is 0.185 e. The lowest BCUT2D eigenvalue weighted by Gasteiger charge is -2.18. The number of hydrogen-bond acceptors (Lipinski definition) is 5. The average Bonchev–Trinajstić information content (AvgIpc) is 3.11. The van der Waals surface area contributed by atoms with Crippen LogP contribution < -0.4 is 10.6 Å².